The van der Waals surface area contributed by atoms with Gasteiger partial charge in [-0.1, -0.05) is 30.3 Å². The molecule has 5 aromatic rings. The molecule has 328 valence electrons. The lowest BCUT2D eigenvalue weighted by Gasteiger charge is -2.39. The molecule has 2 N–H and O–H groups in total. The number of likely N-dealkylation sites (tertiary alicyclic amines) is 2. The van der Waals surface area contributed by atoms with Crippen molar-refractivity contribution in [2.24, 2.45) is 5.41 Å². The maximum absolute atomic E-state index is 14.7. The highest BCUT2D eigenvalue weighted by molar-refractivity contribution is 7.85. The van der Waals surface area contributed by atoms with E-state index in [0.29, 0.717) is 112 Å². The summed E-state index contributed by atoms with van der Waals surface area (Å²) in [4.78, 5) is 23.9. The number of methoxy groups -OCH3 is 5. The average molecular weight is 863 g/mol. The summed E-state index contributed by atoms with van der Waals surface area (Å²) < 4.78 is 69.5. The number of hydrogen-bond acceptors (Lipinski definition) is 11. The van der Waals surface area contributed by atoms with Crippen LogP contribution in [0.4, 0.5) is 4.39 Å². The SMILES string of the molecule is COc1ccc(CC2(CCN3CCC(O)(c4nc5ccccc5n4Cc4ccc(F)cc4)CC3)CCN(Cc3cc(OC)c(OC)c(OC)c3)C2=O)cc1OC.CS(=O)(=O)O. The predicted octanol–water partition coefficient (Wildman–Crippen LogP) is 6.11. The molecule has 14 nitrogen and oxygen atoms in total. The second-order valence-corrected chi connectivity index (χ2v) is 17.1. The van der Waals surface area contributed by atoms with Gasteiger partial charge in [-0.2, -0.15) is 8.42 Å². The van der Waals surface area contributed by atoms with E-state index in [9.17, 15) is 22.7 Å². The third kappa shape index (κ3) is 10.6. The van der Waals surface area contributed by atoms with E-state index in [1.165, 1.54) is 12.1 Å². The smallest absolute Gasteiger partial charge is 0.261 e. The van der Waals surface area contributed by atoms with E-state index in [-0.39, 0.29) is 11.7 Å². The first-order valence-corrected chi connectivity index (χ1v) is 21.8. The second kappa shape index (κ2) is 19.1. The molecule has 0 saturated carbocycles. The number of para-hydroxylation sites is 2. The van der Waals surface area contributed by atoms with Crippen molar-refractivity contribution < 1.29 is 50.9 Å². The van der Waals surface area contributed by atoms with Crippen molar-refractivity contribution >= 4 is 27.1 Å². The fourth-order valence-corrected chi connectivity index (χ4v) is 8.46. The molecule has 61 heavy (non-hydrogen) atoms. The maximum Gasteiger partial charge on any atom is 0.261 e. The standard InChI is InChI=1S/C44H51FN4O7.CH4O3S/c1-52-36-15-12-31(24-37(36)53-2)27-43(17-23-48(42(43)50)28-32-25-38(54-3)40(56-5)39(26-32)55-4)16-20-47-21-18-44(51,19-22-47)41-46-34-8-6-7-9-35(34)49(41)29-30-10-13-33(45)14-11-30;1-5(2,3)4/h6-15,24-26,51H,16-23,27-29H2,1-5H3;1H3,(H,2,3,4). The van der Waals surface area contributed by atoms with Gasteiger partial charge in [-0.25, -0.2) is 9.37 Å². The Labute approximate surface area is 356 Å². The Morgan fingerprint density at radius 1 is 0.738 bits per heavy atom. The minimum Gasteiger partial charge on any atom is -0.493 e. The van der Waals surface area contributed by atoms with Gasteiger partial charge in [-0.05, 0) is 104 Å². The lowest BCUT2D eigenvalue weighted by molar-refractivity contribution is -0.137. The number of amides is 1. The number of rotatable bonds is 15. The third-order valence-electron chi connectivity index (χ3n) is 11.6. The van der Waals surface area contributed by atoms with Crippen LogP contribution in [0.5, 0.6) is 28.7 Å². The number of hydrogen-bond donors (Lipinski definition) is 2. The van der Waals surface area contributed by atoms with Gasteiger partial charge < -0.3 is 43.2 Å². The minimum absolute atomic E-state index is 0.101. The maximum atomic E-state index is 14.7. The number of fused-ring (bicyclic) bond motifs is 1. The lowest BCUT2D eigenvalue weighted by Crippen LogP contribution is -2.46. The van der Waals surface area contributed by atoms with Gasteiger partial charge in [0.2, 0.25) is 11.7 Å². The fraction of sp³-hybridized carbons (Fsp3) is 0.422. The number of carbonyl (C=O) groups excluding carboxylic acids is 1. The molecule has 3 heterocycles. The van der Waals surface area contributed by atoms with E-state index < -0.39 is 21.1 Å². The highest BCUT2D eigenvalue weighted by atomic mass is 32.2. The molecule has 0 bridgehead atoms. The second-order valence-electron chi connectivity index (χ2n) is 15.6. The van der Waals surface area contributed by atoms with Crippen LogP contribution in [0.3, 0.4) is 0 Å². The largest absolute Gasteiger partial charge is 0.493 e. The van der Waals surface area contributed by atoms with Gasteiger partial charge in [-0.3, -0.25) is 9.35 Å². The number of imidazole rings is 1. The Morgan fingerprint density at radius 2 is 1.33 bits per heavy atom. The summed E-state index contributed by atoms with van der Waals surface area (Å²) in [6.45, 7) is 3.46. The highest BCUT2D eigenvalue weighted by Crippen LogP contribution is 2.44. The van der Waals surface area contributed by atoms with Gasteiger partial charge in [0.1, 0.15) is 17.2 Å². The van der Waals surface area contributed by atoms with Crippen LogP contribution < -0.4 is 23.7 Å². The Kier molecular flexibility index (Phi) is 14.1. The molecule has 4 aromatic carbocycles. The quantitative estimate of drug-likeness (QED) is 0.117. The molecule has 1 amide bonds. The third-order valence-corrected chi connectivity index (χ3v) is 11.6. The molecule has 0 spiro atoms. The van der Waals surface area contributed by atoms with E-state index in [0.717, 1.165) is 27.7 Å². The van der Waals surface area contributed by atoms with Crippen LogP contribution in [0.1, 0.15) is 48.2 Å². The van der Waals surface area contributed by atoms with E-state index in [2.05, 4.69) is 9.47 Å². The van der Waals surface area contributed by atoms with E-state index in [1.54, 1.807) is 47.7 Å². The summed E-state index contributed by atoms with van der Waals surface area (Å²) in [5.41, 5.74) is 2.75. The molecule has 16 heteroatoms. The van der Waals surface area contributed by atoms with Crippen molar-refractivity contribution in [2.45, 2.75) is 50.8 Å². The van der Waals surface area contributed by atoms with Gasteiger partial charge in [0.05, 0.1) is 58.3 Å². The van der Waals surface area contributed by atoms with Crippen molar-refractivity contribution in [3.63, 3.8) is 0 Å². The first kappa shape index (κ1) is 45.1. The van der Waals surface area contributed by atoms with Crippen LogP contribution in [0.25, 0.3) is 11.0 Å². The zero-order valence-corrected chi connectivity index (χ0v) is 36.3. The Bertz CT molecular complexity index is 2390. The zero-order valence-electron chi connectivity index (χ0n) is 35.5. The summed E-state index contributed by atoms with van der Waals surface area (Å²) in [5, 5.41) is 12.2. The van der Waals surface area contributed by atoms with Crippen LogP contribution in [-0.2, 0) is 40.0 Å². The normalized spacial score (nSPS) is 17.8. The number of ether oxygens (including phenoxy) is 5. The zero-order chi connectivity index (χ0) is 44.0. The molecule has 0 aliphatic carbocycles. The van der Waals surface area contributed by atoms with E-state index in [4.69, 9.17) is 33.2 Å². The number of carbonyl (C=O) groups is 1. The topological polar surface area (TPSA) is 162 Å². The number of benzene rings is 4. The lowest BCUT2D eigenvalue weighted by atomic mass is 9.76. The summed E-state index contributed by atoms with van der Waals surface area (Å²) in [7, 11) is 4.31. The Morgan fingerprint density at radius 3 is 1.93 bits per heavy atom. The molecule has 2 saturated heterocycles. The first-order valence-electron chi connectivity index (χ1n) is 20.0. The first-order chi connectivity index (χ1) is 29.1. The van der Waals surface area contributed by atoms with Crippen LogP contribution in [0, 0.1) is 11.2 Å². The molecule has 1 aromatic heterocycles. The number of aliphatic hydroxyl groups is 1. The van der Waals surface area contributed by atoms with Crippen LogP contribution in [-0.4, -0.2) is 111 Å². The summed E-state index contributed by atoms with van der Waals surface area (Å²) in [6.07, 6.45) is 3.58. The van der Waals surface area contributed by atoms with Gasteiger partial charge in [0, 0.05) is 32.7 Å². The Balaban J connectivity index is 0.00000118. The number of nitrogens with zero attached hydrogens (tertiary/aromatic N) is 4. The molecular weight excluding hydrogens is 808 g/mol. The van der Waals surface area contributed by atoms with Crippen molar-refractivity contribution in [1.29, 1.82) is 0 Å². The highest BCUT2D eigenvalue weighted by Gasteiger charge is 2.47. The molecule has 2 aliphatic heterocycles. The predicted molar refractivity (Wildman–Crippen MR) is 229 cm³/mol. The van der Waals surface area contributed by atoms with Crippen molar-refractivity contribution in [3.8, 4) is 28.7 Å². The summed E-state index contributed by atoms with van der Waals surface area (Å²) in [6, 6.07) is 24.0. The van der Waals surface area contributed by atoms with Crippen LogP contribution >= 0.6 is 0 Å². The fourth-order valence-electron chi connectivity index (χ4n) is 8.46. The number of halogens is 1. The molecule has 7 rings (SSSR count). The molecule has 1 atom stereocenters. The van der Waals surface area contributed by atoms with Gasteiger partial charge >= 0.3 is 0 Å². The van der Waals surface area contributed by atoms with Crippen molar-refractivity contribution in [2.75, 3.05) is 68.0 Å². The molecule has 1 unspecified atom stereocenters. The monoisotopic (exact) mass is 862 g/mol. The summed E-state index contributed by atoms with van der Waals surface area (Å²) in [5.74, 6) is 3.30. The van der Waals surface area contributed by atoms with Crippen LogP contribution in [0.2, 0.25) is 0 Å². The van der Waals surface area contributed by atoms with Gasteiger partial charge in [0.25, 0.3) is 10.1 Å². The van der Waals surface area contributed by atoms with E-state index in [1.807, 2.05) is 59.5 Å². The molecular formula is C45H55FN4O10S. The van der Waals surface area contributed by atoms with Gasteiger partial charge in [0.15, 0.2) is 23.0 Å². The minimum atomic E-state index is -3.67. The number of aromatic nitrogens is 2. The van der Waals surface area contributed by atoms with Crippen molar-refractivity contribution in [1.82, 2.24) is 19.4 Å². The molecule has 0 radical (unpaired) electrons. The molecule has 2 fully saturated rings. The van der Waals surface area contributed by atoms with Crippen LogP contribution in [0.15, 0.2) is 78.9 Å². The average Bonchev–Trinajstić information content (AvgIpc) is 3.77. The van der Waals surface area contributed by atoms with E-state index >= 15 is 0 Å². The van der Waals surface area contributed by atoms with Crippen molar-refractivity contribution in [3.05, 3.63) is 107 Å². The number of piperidine rings is 1. The molecule has 2 aliphatic rings. The Hall–Kier alpha value is -5.42. The summed E-state index contributed by atoms with van der Waals surface area (Å²) >= 11 is 0. The van der Waals surface area contributed by atoms with Gasteiger partial charge in [-0.15, -0.1) is 0 Å².